The normalized spacial score (nSPS) is 12.6. The van der Waals surface area contributed by atoms with E-state index in [0.29, 0.717) is 6.04 Å². The Bertz CT molecular complexity index is 470. The number of aromatic nitrogens is 3. The quantitative estimate of drug-likeness (QED) is 0.807. The molecule has 0 aliphatic rings. The Morgan fingerprint density at radius 1 is 1.39 bits per heavy atom. The van der Waals surface area contributed by atoms with Gasteiger partial charge >= 0.3 is 0 Å². The molecule has 1 heterocycles. The van der Waals surface area contributed by atoms with Crippen molar-refractivity contribution in [3.05, 3.63) is 46.5 Å². The van der Waals surface area contributed by atoms with E-state index in [0.717, 1.165) is 29.7 Å². The molecule has 0 saturated carbocycles. The summed E-state index contributed by atoms with van der Waals surface area (Å²) in [4.78, 5) is 4.10. The second-order valence-corrected chi connectivity index (χ2v) is 5.09. The van der Waals surface area contributed by atoms with Crippen LogP contribution in [0, 0.1) is 0 Å². The molecule has 96 valence electrons. The zero-order valence-electron chi connectivity index (χ0n) is 10.4. The second kappa shape index (κ2) is 6.66. The highest BCUT2D eigenvalue weighted by atomic mass is 79.9. The molecule has 2 aromatic rings. The van der Waals surface area contributed by atoms with E-state index in [2.05, 4.69) is 61.6 Å². The van der Waals surface area contributed by atoms with Gasteiger partial charge in [-0.25, -0.2) is 4.98 Å². The maximum Gasteiger partial charge on any atom is 0.137 e. The number of nitrogens with zero attached hydrogens (tertiary/aromatic N) is 2. The summed E-state index contributed by atoms with van der Waals surface area (Å²) in [5.41, 5.74) is 1.29. The van der Waals surface area contributed by atoms with Crippen molar-refractivity contribution in [2.75, 3.05) is 6.54 Å². The number of hydrogen-bond donors (Lipinski definition) is 2. The van der Waals surface area contributed by atoms with Gasteiger partial charge < -0.3 is 5.32 Å². The average Bonchev–Trinajstić information content (AvgIpc) is 2.88. The van der Waals surface area contributed by atoms with Gasteiger partial charge in [0.2, 0.25) is 0 Å². The molecule has 2 rings (SSSR count). The first-order valence-electron chi connectivity index (χ1n) is 6.09. The van der Waals surface area contributed by atoms with Crippen LogP contribution in [-0.4, -0.2) is 21.7 Å². The van der Waals surface area contributed by atoms with Crippen LogP contribution in [0.3, 0.4) is 0 Å². The van der Waals surface area contributed by atoms with Gasteiger partial charge in [0.15, 0.2) is 0 Å². The topological polar surface area (TPSA) is 53.6 Å². The molecule has 0 fully saturated rings. The van der Waals surface area contributed by atoms with Gasteiger partial charge in [0.25, 0.3) is 0 Å². The van der Waals surface area contributed by atoms with E-state index >= 15 is 0 Å². The minimum atomic E-state index is 0.343. The van der Waals surface area contributed by atoms with Crippen LogP contribution >= 0.6 is 15.9 Å². The standard InChI is InChI=1S/C13H17BrN4/c1-10(11-5-2-3-6-12(11)14)15-8-4-7-13-16-9-17-18-13/h2-3,5-6,9-10,15H,4,7-8H2,1H3,(H,16,17,18). The van der Waals surface area contributed by atoms with Crippen LogP contribution < -0.4 is 5.32 Å². The summed E-state index contributed by atoms with van der Waals surface area (Å²) in [6.07, 6.45) is 3.52. The average molecular weight is 309 g/mol. The fraction of sp³-hybridized carbons (Fsp3) is 0.385. The highest BCUT2D eigenvalue weighted by molar-refractivity contribution is 9.10. The molecule has 0 bridgehead atoms. The Morgan fingerprint density at radius 2 is 2.22 bits per heavy atom. The third-order valence-corrected chi connectivity index (χ3v) is 3.60. The Balaban J connectivity index is 1.75. The van der Waals surface area contributed by atoms with Crippen LogP contribution in [0.15, 0.2) is 35.1 Å². The first kappa shape index (κ1) is 13.2. The maximum absolute atomic E-state index is 4.10. The summed E-state index contributed by atoms with van der Waals surface area (Å²) in [7, 11) is 0. The van der Waals surface area contributed by atoms with Crippen LogP contribution in [0.1, 0.15) is 30.8 Å². The largest absolute Gasteiger partial charge is 0.310 e. The monoisotopic (exact) mass is 308 g/mol. The van der Waals surface area contributed by atoms with Crippen LogP contribution in [0.5, 0.6) is 0 Å². The first-order valence-corrected chi connectivity index (χ1v) is 6.88. The molecule has 0 aliphatic heterocycles. The summed E-state index contributed by atoms with van der Waals surface area (Å²) >= 11 is 3.57. The molecule has 18 heavy (non-hydrogen) atoms. The van der Waals surface area contributed by atoms with E-state index < -0.39 is 0 Å². The molecule has 1 aromatic heterocycles. The van der Waals surface area contributed by atoms with E-state index in [-0.39, 0.29) is 0 Å². The molecule has 1 aromatic carbocycles. The van der Waals surface area contributed by atoms with Crippen LogP contribution in [0.2, 0.25) is 0 Å². The summed E-state index contributed by atoms with van der Waals surface area (Å²) in [5.74, 6) is 0.949. The molecule has 0 amide bonds. The van der Waals surface area contributed by atoms with Crippen molar-refractivity contribution in [2.45, 2.75) is 25.8 Å². The molecular weight excluding hydrogens is 292 g/mol. The zero-order valence-corrected chi connectivity index (χ0v) is 11.9. The van der Waals surface area contributed by atoms with Gasteiger partial charge in [-0.05, 0) is 31.5 Å². The molecule has 0 saturated heterocycles. The molecular formula is C13H17BrN4. The van der Waals surface area contributed by atoms with Crippen LogP contribution in [0.25, 0.3) is 0 Å². The van der Waals surface area contributed by atoms with Crippen molar-refractivity contribution in [3.63, 3.8) is 0 Å². The Labute approximate surface area is 115 Å². The molecule has 1 atom stereocenters. The Morgan fingerprint density at radius 3 is 2.94 bits per heavy atom. The maximum atomic E-state index is 4.10. The molecule has 0 aliphatic carbocycles. The molecule has 0 spiro atoms. The van der Waals surface area contributed by atoms with E-state index in [4.69, 9.17) is 0 Å². The van der Waals surface area contributed by atoms with Crippen molar-refractivity contribution >= 4 is 15.9 Å². The number of rotatable bonds is 6. The number of halogens is 1. The predicted molar refractivity (Wildman–Crippen MR) is 75.3 cm³/mol. The van der Waals surface area contributed by atoms with Gasteiger partial charge in [-0.3, -0.25) is 5.10 Å². The number of benzene rings is 1. The third-order valence-electron chi connectivity index (χ3n) is 2.88. The fourth-order valence-corrected chi connectivity index (χ4v) is 2.49. The second-order valence-electron chi connectivity index (χ2n) is 4.23. The summed E-state index contributed by atoms with van der Waals surface area (Å²) in [5, 5.41) is 10.2. The van der Waals surface area contributed by atoms with Crippen LogP contribution in [0.4, 0.5) is 0 Å². The van der Waals surface area contributed by atoms with Crippen molar-refractivity contribution in [1.29, 1.82) is 0 Å². The third kappa shape index (κ3) is 3.65. The Kier molecular flexibility index (Phi) is 4.90. The predicted octanol–water partition coefficient (Wildman–Crippen LogP) is 2.85. The number of hydrogen-bond acceptors (Lipinski definition) is 3. The highest BCUT2D eigenvalue weighted by Gasteiger charge is 2.07. The molecule has 1 unspecified atom stereocenters. The SMILES string of the molecule is CC(NCCCc1ncn[nH]1)c1ccccc1Br. The van der Waals surface area contributed by atoms with Crippen molar-refractivity contribution in [3.8, 4) is 0 Å². The lowest BCUT2D eigenvalue weighted by Gasteiger charge is -2.15. The minimum Gasteiger partial charge on any atom is -0.310 e. The fourth-order valence-electron chi connectivity index (χ4n) is 1.86. The zero-order chi connectivity index (χ0) is 12.8. The van der Waals surface area contributed by atoms with Gasteiger partial charge in [-0.15, -0.1) is 0 Å². The van der Waals surface area contributed by atoms with Gasteiger partial charge in [-0.2, -0.15) is 5.10 Å². The number of H-pyrrole nitrogens is 1. The van der Waals surface area contributed by atoms with Crippen LogP contribution in [-0.2, 0) is 6.42 Å². The highest BCUT2D eigenvalue weighted by Crippen LogP contribution is 2.22. The van der Waals surface area contributed by atoms with E-state index in [1.807, 2.05) is 6.07 Å². The van der Waals surface area contributed by atoms with Crippen molar-refractivity contribution < 1.29 is 0 Å². The lowest BCUT2D eigenvalue weighted by molar-refractivity contribution is 0.553. The minimum absolute atomic E-state index is 0.343. The first-order chi connectivity index (χ1) is 8.77. The number of aromatic amines is 1. The summed E-state index contributed by atoms with van der Waals surface area (Å²) in [6, 6.07) is 8.65. The van der Waals surface area contributed by atoms with Gasteiger partial charge in [0.1, 0.15) is 12.2 Å². The van der Waals surface area contributed by atoms with E-state index in [1.54, 1.807) is 6.33 Å². The van der Waals surface area contributed by atoms with Gasteiger partial charge in [-0.1, -0.05) is 34.1 Å². The molecule has 0 radical (unpaired) electrons. The number of nitrogens with one attached hydrogen (secondary N) is 2. The lowest BCUT2D eigenvalue weighted by Crippen LogP contribution is -2.20. The van der Waals surface area contributed by atoms with E-state index in [9.17, 15) is 0 Å². The molecule has 2 N–H and O–H groups in total. The lowest BCUT2D eigenvalue weighted by atomic mass is 10.1. The molecule has 4 nitrogen and oxygen atoms in total. The molecule has 5 heteroatoms. The Hall–Kier alpha value is -1.20. The van der Waals surface area contributed by atoms with Crippen molar-refractivity contribution in [2.24, 2.45) is 0 Å². The smallest absolute Gasteiger partial charge is 0.137 e. The summed E-state index contributed by atoms with van der Waals surface area (Å²) < 4.78 is 1.15. The van der Waals surface area contributed by atoms with Crippen molar-refractivity contribution in [1.82, 2.24) is 20.5 Å². The summed E-state index contributed by atoms with van der Waals surface area (Å²) in [6.45, 7) is 3.14. The van der Waals surface area contributed by atoms with E-state index in [1.165, 1.54) is 5.56 Å². The van der Waals surface area contributed by atoms with Gasteiger partial charge in [0, 0.05) is 16.9 Å². The number of aryl methyl sites for hydroxylation is 1. The van der Waals surface area contributed by atoms with Gasteiger partial charge in [0.05, 0.1) is 0 Å².